The molecule has 0 atom stereocenters. The van der Waals surface area contributed by atoms with Crippen LogP contribution in [0.4, 0.5) is 0 Å². The minimum Gasteiger partial charge on any atom is -0.333 e. The Morgan fingerprint density at radius 2 is 1.82 bits per heavy atom. The number of benzene rings is 1. The average Bonchev–Trinajstić information content (AvgIpc) is 2.58. The summed E-state index contributed by atoms with van der Waals surface area (Å²) < 4.78 is 2.14. The van der Waals surface area contributed by atoms with Gasteiger partial charge in [-0.15, -0.1) is 0 Å². The SMILES string of the molecule is CC(C)c1ccc(C(C)(C)C)c2ncn(C)c12. The molecule has 1 heterocycles. The van der Waals surface area contributed by atoms with E-state index < -0.39 is 0 Å². The molecular weight excluding hydrogens is 208 g/mol. The highest BCUT2D eigenvalue weighted by Crippen LogP contribution is 2.33. The van der Waals surface area contributed by atoms with Crippen LogP contribution in [0.25, 0.3) is 11.0 Å². The van der Waals surface area contributed by atoms with Gasteiger partial charge in [0.15, 0.2) is 0 Å². The molecule has 2 aromatic rings. The number of nitrogens with zero attached hydrogens (tertiary/aromatic N) is 2. The van der Waals surface area contributed by atoms with E-state index in [9.17, 15) is 0 Å². The number of hydrogen-bond donors (Lipinski definition) is 0. The van der Waals surface area contributed by atoms with Crippen LogP contribution in [0.2, 0.25) is 0 Å². The molecule has 0 saturated heterocycles. The second-order valence-electron chi connectivity index (χ2n) is 6.16. The van der Waals surface area contributed by atoms with Crippen LogP contribution in [-0.4, -0.2) is 9.55 Å². The van der Waals surface area contributed by atoms with E-state index in [4.69, 9.17) is 0 Å². The minimum atomic E-state index is 0.141. The molecule has 2 heteroatoms. The standard InChI is InChI=1S/C15H22N2/c1-10(2)11-7-8-12(15(3,4)5)13-14(11)17(6)9-16-13/h7-10H,1-6H3. The fourth-order valence-corrected chi connectivity index (χ4v) is 2.37. The molecule has 1 aromatic carbocycles. The van der Waals surface area contributed by atoms with Crippen LogP contribution in [-0.2, 0) is 12.5 Å². The van der Waals surface area contributed by atoms with Gasteiger partial charge in [0.05, 0.1) is 17.4 Å². The lowest BCUT2D eigenvalue weighted by Crippen LogP contribution is -2.12. The summed E-state index contributed by atoms with van der Waals surface area (Å²) in [5.41, 5.74) is 5.30. The molecule has 0 fully saturated rings. The smallest absolute Gasteiger partial charge is 0.0955 e. The Morgan fingerprint density at radius 1 is 1.18 bits per heavy atom. The maximum absolute atomic E-state index is 4.59. The van der Waals surface area contributed by atoms with Crippen LogP contribution >= 0.6 is 0 Å². The molecular formula is C15H22N2. The predicted molar refractivity (Wildman–Crippen MR) is 73.5 cm³/mol. The topological polar surface area (TPSA) is 17.8 Å². The van der Waals surface area contributed by atoms with Gasteiger partial charge in [-0.3, -0.25) is 0 Å². The van der Waals surface area contributed by atoms with Crippen molar-refractivity contribution in [3.8, 4) is 0 Å². The Hall–Kier alpha value is -1.31. The van der Waals surface area contributed by atoms with Crippen molar-refractivity contribution in [2.75, 3.05) is 0 Å². The highest BCUT2D eigenvalue weighted by Gasteiger charge is 2.21. The van der Waals surface area contributed by atoms with Crippen molar-refractivity contribution >= 4 is 11.0 Å². The van der Waals surface area contributed by atoms with Crippen molar-refractivity contribution in [1.82, 2.24) is 9.55 Å². The third kappa shape index (κ3) is 1.97. The first-order valence-electron chi connectivity index (χ1n) is 6.26. The van der Waals surface area contributed by atoms with Gasteiger partial charge in [0.1, 0.15) is 0 Å². The van der Waals surface area contributed by atoms with E-state index in [0.717, 1.165) is 5.52 Å². The first-order valence-corrected chi connectivity index (χ1v) is 6.26. The van der Waals surface area contributed by atoms with Gasteiger partial charge in [-0.2, -0.15) is 0 Å². The quantitative estimate of drug-likeness (QED) is 0.724. The van der Waals surface area contributed by atoms with Crippen LogP contribution in [0, 0.1) is 0 Å². The number of aromatic nitrogens is 2. The Morgan fingerprint density at radius 3 is 2.35 bits per heavy atom. The Kier molecular flexibility index (Phi) is 2.76. The molecule has 1 aromatic heterocycles. The zero-order valence-corrected chi connectivity index (χ0v) is 11.7. The lowest BCUT2D eigenvalue weighted by Gasteiger charge is -2.21. The molecule has 92 valence electrons. The lowest BCUT2D eigenvalue weighted by atomic mass is 9.84. The van der Waals surface area contributed by atoms with E-state index in [0.29, 0.717) is 5.92 Å². The molecule has 2 nitrogen and oxygen atoms in total. The monoisotopic (exact) mass is 230 g/mol. The second kappa shape index (κ2) is 3.86. The fraction of sp³-hybridized carbons (Fsp3) is 0.533. The predicted octanol–water partition coefficient (Wildman–Crippen LogP) is 3.99. The highest BCUT2D eigenvalue weighted by atomic mass is 15.0. The van der Waals surface area contributed by atoms with Crippen molar-refractivity contribution in [1.29, 1.82) is 0 Å². The summed E-state index contributed by atoms with van der Waals surface area (Å²) in [4.78, 5) is 4.59. The van der Waals surface area contributed by atoms with Gasteiger partial charge >= 0.3 is 0 Å². The first-order chi connectivity index (χ1) is 7.82. The number of imidazole rings is 1. The molecule has 0 saturated carbocycles. The summed E-state index contributed by atoms with van der Waals surface area (Å²) in [6.45, 7) is 11.2. The van der Waals surface area contributed by atoms with Crippen LogP contribution in [0.5, 0.6) is 0 Å². The minimum absolute atomic E-state index is 0.141. The molecule has 0 spiro atoms. The third-order valence-corrected chi connectivity index (χ3v) is 3.33. The molecule has 0 N–H and O–H groups in total. The van der Waals surface area contributed by atoms with E-state index >= 15 is 0 Å². The number of rotatable bonds is 1. The van der Waals surface area contributed by atoms with Crippen molar-refractivity contribution in [3.63, 3.8) is 0 Å². The van der Waals surface area contributed by atoms with Crippen LogP contribution < -0.4 is 0 Å². The third-order valence-electron chi connectivity index (χ3n) is 3.33. The van der Waals surface area contributed by atoms with E-state index in [1.54, 1.807) is 0 Å². The van der Waals surface area contributed by atoms with Crippen LogP contribution in [0.15, 0.2) is 18.5 Å². The summed E-state index contributed by atoms with van der Waals surface area (Å²) in [6.07, 6.45) is 1.92. The second-order valence-corrected chi connectivity index (χ2v) is 6.16. The van der Waals surface area contributed by atoms with Crippen molar-refractivity contribution in [2.45, 2.75) is 46.0 Å². The van der Waals surface area contributed by atoms with Crippen molar-refractivity contribution in [3.05, 3.63) is 29.6 Å². The van der Waals surface area contributed by atoms with Gasteiger partial charge in [-0.05, 0) is 22.5 Å². The van der Waals surface area contributed by atoms with Crippen LogP contribution in [0.1, 0.15) is 51.7 Å². The van der Waals surface area contributed by atoms with Gasteiger partial charge < -0.3 is 4.57 Å². The molecule has 0 radical (unpaired) electrons. The van der Waals surface area contributed by atoms with Crippen molar-refractivity contribution < 1.29 is 0 Å². The van der Waals surface area contributed by atoms with E-state index in [1.807, 2.05) is 6.33 Å². The van der Waals surface area contributed by atoms with Gasteiger partial charge in [0, 0.05) is 7.05 Å². The Bertz CT molecular complexity index is 542. The summed E-state index contributed by atoms with van der Waals surface area (Å²) in [6, 6.07) is 4.50. The highest BCUT2D eigenvalue weighted by molar-refractivity contribution is 5.83. The molecule has 0 aliphatic heterocycles. The van der Waals surface area contributed by atoms with Crippen molar-refractivity contribution in [2.24, 2.45) is 7.05 Å². The number of fused-ring (bicyclic) bond motifs is 1. The molecule has 0 aliphatic rings. The summed E-state index contributed by atoms with van der Waals surface area (Å²) >= 11 is 0. The summed E-state index contributed by atoms with van der Waals surface area (Å²) in [5, 5.41) is 0. The maximum Gasteiger partial charge on any atom is 0.0955 e. The van der Waals surface area contributed by atoms with E-state index in [2.05, 4.69) is 63.4 Å². The molecule has 17 heavy (non-hydrogen) atoms. The lowest BCUT2D eigenvalue weighted by molar-refractivity contribution is 0.594. The average molecular weight is 230 g/mol. The zero-order chi connectivity index (χ0) is 12.8. The maximum atomic E-state index is 4.59. The van der Waals surface area contributed by atoms with Gasteiger partial charge in [0.2, 0.25) is 0 Å². The zero-order valence-electron chi connectivity index (χ0n) is 11.7. The fourth-order valence-electron chi connectivity index (χ4n) is 2.37. The Balaban J connectivity index is 2.82. The van der Waals surface area contributed by atoms with E-state index in [1.165, 1.54) is 16.6 Å². The normalized spacial score (nSPS) is 12.6. The molecule has 0 amide bonds. The van der Waals surface area contributed by atoms with Gasteiger partial charge in [0.25, 0.3) is 0 Å². The largest absolute Gasteiger partial charge is 0.333 e. The molecule has 2 rings (SSSR count). The molecule has 0 aliphatic carbocycles. The number of hydrogen-bond acceptors (Lipinski definition) is 1. The molecule has 0 unspecified atom stereocenters. The van der Waals surface area contributed by atoms with Gasteiger partial charge in [-0.25, -0.2) is 4.98 Å². The summed E-state index contributed by atoms with van der Waals surface area (Å²) in [5.74, 6) is 0.530. The summed E-state index contributed by atoms with van der Waals surface area (Å²) in [7, 11) is 2.08. The van der Waals surface area contributed by atoms with Gasteiger partial charge in [-0.1, -0.05) is 46.8 Å². The first kappa shape index (κ1) is 12.2. The van der Waals surface area contributed by atoms with E-state index in [-0.39, 0.29) is 5.41 Å². The molecule has 0 bridgehead atoms. The Labute approximate surface area is 104 Å². The number of aryl methyl sites for hydroxylation is 1. The van der Waals surface area contributed by atoms with Crippen LogP contribution in [0.3, 0.4) is 0 Å².